The molecule has 0 spiro atoms. The number of aryl methyl sites for hydroxylation is 1. The topological polar surface area (TPSA) is 63.3 Å². The zero-order valence-electron chi connectivity index (χ0n) is 14.5. The van der Waals surface area contributed by atoms with Crippen LogP contribution in [-0.2, 0) is 0 Å². The van der Waals surface area contributed by atoms with Crippen LogP contribution < -0.4 is 5.56 Å². The fraction of sp³-hybridized carbons (Fsp3) is 0.0476. The smallest absolute Gasteiger partial charge is 0.281 e. The van der Waals surface area contributed by atoms with Crippen molar-refractivity contribution in [3.63, 3.8) is 0 Å². The van der Waals surface area contributed by atoms with Gasteiger partial charge < -0.3 is 4.42 Å². The number of benzene rings is 2. The molecule has 6 heteroatoms. The number of hydrogen-bond donors (Lipinski definition) is 1. The van der Waals surface area contributed by atoms with Crippen LogP contribution in [0, 0.1) is 6.92 Å². The van der Waals surface area contributed by atoms with Crippen LogP contribution in [0.25, 0.3) is 5.69 Å². The molecule has 27 heavy (non-hydrogen) atoms. The first-order valence-electron chi connectivity index (χ1n) is 8.39. The second-order valence-electron chi connectivity index (χ2n) is 5.98. The number of H-pyrrole nitrogens is 1. The summed E-state index contributed by atoms with van der Waals surface area (Å²) in [6.45, 7) is 1.83. The maximum absolute atomic E-state index is 13.2. The Morgan fingerprint density at radius 2 is 1.78 bits per heavy atom. The van der Waals surface area contributed by atoms with Crippen LogP contribution in [-0.4, -0.2) is 15.5 Å². The molecule has 5 nitrogen and oxygen atoms in total. The Morgan fingerprint density at radius 1 is 1.04 bits per heavy atom. The quantitative estimate of drug-likeness (QED) is 0.514. The maximum Gasteiger partial charge on any atom is 0.281 e. The van der Waals surface area contributed by atoms with E-state index in [4.69, 9.17) is 16.0 Å². The van der Waals surface area contributed by atoms with Crippen molar-refractivity contribution in [2.45, 2.75) is 6.92 Å². The summed E-state index contributed by atoms with van der Waals surface area (Å²) in [5.74, 6) is 0.495. The summed E-state index contributed by atoms with van der Waals surface area (Å²) in [5, 5.41) is 3.62. The van der Waals surface area contributed by atoms with E-state index in [-0.39, 0.29) is 5.56 Å². The number of aromatic amines is 1. The predicted molar refractivity (Wildman–Crippen MR) is 107 cm³/mol. The molecule has 0 atom stereocenters. The Morgan fingerprint density at radius 3 is 2.48 bits per heavy atom. The van der Waals surface area contributed by atoms with E-state index in [1.807, 2.05) is 49.4 Å². The molecule has 0 radical (unpaired) electrons. The van der Waals surface area contributed by atoms with Gasteiger partial charge in [0, 0.05) is 5.69 Å². The summed E-state index contributed by atoms with van der Waals surface area (Å²) in [6, 6.07) is 20.1. The largest absolute Gasteiger partial charge is 0.463 e. The molecule has 2 aromatic heterocycles. The SMILES string of the molecule is Cc1[nH]n(-c2ccccc2)c(=O)c1C(=Nc1ccccc1Cl)c1ccco1. The minimum atomic E-state index is -0.207. The van der Waals surface area contributed by atoms with Gasteiger partial charge in [-0.25, -0.2) is 9.67 Å². The summed E-state index contributed by atoms with van der Waals surface area (Å²) in [6.07, 6.45) is 1.55. The molecule has 0 aliphatic rings. The number of nitrogens with one attached hydrogen (secondary N) is 1. The fourth-order valence-corrected chi connectivity index (χ4v) is 3.07. The predicted octanol–water partition coefficient (Wildman–Crippen LogP) is 4.89. The van der Waals surface area contributed by atoms with Gasteiger partial charge in [0.05, 0.1) is 28.2 Å². The van der Waals surface area contributed by atoms with Crippen molar-refractivity contribution in [1.29, 1.82) is 0 Å². The Hall–Kier alpha value is -3.31. The maximum atomic E-state index is 13.2. The van der Waals surface area contributed by atoms with Crippen molar-refractivity contribution in [1.82, 2.24) is 9.78 Å². The third-order valence-electron chi connectivity index (χ3n) is 4.16. The Bertz CT molecular complexity index is 1160. The van der Waals surface area contributed by atoms with Crippen molar-refractivity contribution >= 4 is 23.0 Å². The van der Waals surface area contributed by atoms with Gasteiger partial charge in [-0.2, -0.15) is 0 Å². The molecule has 0 aliphatic heterocycles. The fourth-order valence-electron chi connectivity index (χ4n) is 2.89. The molecule has 2 heterocycles. The summed E-state index contributed by atoms with van der Waals surface area (Å²) in [5.41, 5.74) is 2.66. The third kappa shape index (κ3) is 3.25. The zero-order chi connectivity index (χ0) is 18.8. The van der Waals surface area contributed by atoms with Gasteiger partial charge in [-0.3, -0.25) is 9.89 Å². The average molecular weight is 378 g/mol. The highest BCUT2D eigenvalue weighted by atomic mass is 35.5. The van der Waals surface area contributed by atoms with E-state index in [1.54, 1.807) is 30.5 Å². The van der Waals surface area contributed by atoms with Crippen LogP contribution in [0.5, 0.6) is 0 Å². The highest BCUT2D eigenvalue weighted by Crippen LogP contribution is 2.26. The molecule has 4 aromatic rings. The van der Waals surface area contributed by atoms with Crippen molar-refractivity contribution in [3.8, 4) is 5.69 Å². The monoisotopic (exact) mass is 377 g/mol. The van der Waals surface area contributed by atoms with E-state index in [2.05, 4.69) is 10.1 Å². The van der Waals surface area contributed by atoms with Crippen molar-refractivity contribution in [3.05, 3.63) is 105 Å². The van der Waals surface area contributed by atoms with E-state index in [1.165, 1.54) is 4.68 Å². The molecule has 1 N–H and O–H groups in total. The number of rotatable bonds is 4. The van der Waals surface area contributed by atoms with Crippen LogP contribution in [0.2, 0.25) is 5.02 Å². The first-order valence-corrected chi connectivity index (χ1v) is 8.77. The second kappa shape index (κ2) is 7.13. The van der Waals surface area contributed by atoms with Crippen molar-refractivity contribution < 1.29 is 4.42 Å². The molecule has 2 aromatic carbocycles. The standard InChI is InChI=1S/C21H16ClN3O2/c1-14-19(21(26)25(24-14)15-8-3-2-4-9-15)20(18-12-7-13-27-18)23-17-11-6-5-10-16(17)22/h2-13,24H,1H3. The second-order valence-corrected chi connectivity index (χ2v) is 6.38. The molecule has 0 saturated heterocycles. The number of nitrogens with zero attached hydrogens (tertiary/aromatic N) is 2. The van der Waals surface area contributed by atoms with Gasteiger partial charge in [0.2, 0.25) is 0 Å². The number of aromatic nitrogens is 2. The lowest BCUT2D eigenvalue weighted by atomic mass is 10.1. The van der Waals surface area contributed by atoms with Gasteiger partial charge in [0.1, 0.15) is 5.71 Å². The molecule has 0 bridgehead atoms. The third-order valence-corrected chi connectivity index (χ3v) is 4.48. The molecule has 0 unspecified atom stereocenters. The van der Waals surface area contributed by atoms with Crippen LogP contribution in [0.1, 0.15) is 17.0 Å². The van der Waals surface area contributed by atoms with Gasteiger partial charge in [-0.15, -0.1) is 0 Å². The van der Waals surface area contributed by atoms with E-state index in [0.717, 1.165) is 5.69 Å². The summed E-state index contributed by atoms with van der Waals surface area (Å²) in [7, 11) is 0. The number of hydrogen-bond acceptors (Lipinski definition) is 3. The van der Waals surface area contributed by atoms with Gasteiger partial charge in [-0.05, 0) is 43.3 Å². The van der Waals surface area contributed by atoms with Crippen molar-refractivity contribution in [2.24, 2.45) is 4.99 Å². The number of aliphatic imine (C=N–C) groups is 1. The van der Waals surface area contributed by atoms with Crippen LogP contribution >= 0.6 is 11.6 Å². The van der Waals surface area contributed by atoms with Crippen LogP contribution in [0.4, 0.5) is 5.69 Å². The minimum absolute atomic E-state index is 0.207. The Labute approximate surface area is 160 Å². The van der Waals surface area contributed by atoms with Gasteiger partial charge in [0.25, 0.3) is 5.56 Å². The molecule has 0 amide bonds. The van der Waals surface area contributed by atoms with Gasteiger partial charge in [0.15, 0.2) is 5.76 Å². The van der Waals surface area contributed by atoms with Gasteiger partial charge in [-0.1, -0.05) is 41.9 Å². The summed E-state index contributed by atoms with van der Waals surface area (Å²) in [4.78, 5) is 17.8. The lowest BCUT2D eigenvalue weighted by Crippen LogP contribution is -2.21. The minimum Gasteiger partial charge on any atom is -0.463 e. The Kier molecular flexibility index (Phi) is 4.52. The van der Waals surface area contributed by atoms with E-state index >= 15 is 0 Å². The zero-order valence-corrected chi connectivity index (χ0v) is 15.3. The van der Waals surface area contributed by atoms with Crippen molar-refractivity contribution in [2.75, 3.05) is 0 Å². The number of halogens is 1. The lowest BCUT2D eigenvalue weighted by molar-refractivity contribution is 0.558. The van der Waals surface area contributed by atoms with Crippen LogP contribution in [0.3, 0.4) is 0 Å². The highest BCUT2D eigenvalue weighted by Gasteiger charge is 2.21. The molecule has 134 valence electrons. The molecule has 0 saturated carbocycles. The molecule has 0 aliphatic carbocycles. The summed E-state index contributed by atoms with van der Waals surface area (Å²) >= 11 is 6.27. The molecule has 4 rings (SSSR count). The number of para-hydroxylation sites is 2. The Balaban J connectivity index is 1.94. The van der Waals surface area contributed by atoms with E-state index < -0.39 is 0 Å². The summed E-state index contributed by atoms with van der Waals surface area (Å²) < 4.78 is 7.05. The average Bonchev–Trinajstić information content (AvgIpc) is 3.31. The molecular weight excluding hydrogens is 362 g/mol. The molecular formula is C21H16ClN3O2. The number of furan rings is 1. The van der Waals surface area contributed by atoms with E-state index in [9.17, 15) is 4.79 Å². The van der Waals surface area contributed by atoms with Crippen LogP contribution in [0.15, 0.2) is 87.2 Å². The lowest BCUT2D eigenvalue weighted by Gasteiger charge is -2.04. The first kappa shape index (κ1) is 17.1. The highest BCUT2D eigenvalue weighted by molar-refractivity contribution is 6.33. The first-order chi connectivity index (χ1) is 13.1. The normalized spacial score (nSPS) is 11.7. The van der Waals surface area contributed by atoms with Gasteiger partial charge >= 0.3 is 0 Å². The molecule has 0 fully saturated rings. The van der Waals surface area contributed by atoms with E-state index in [0.29, 0.717) is 33.4 Å².